The molecular formula is C59H97N13O21. The first-order valence-electron chi connectivity index (χ1n) is 31.9. The summed E-state index contributed by atoms with van der Waals surface area (Å²) in [5.74, 6) is -15.0. The number of carbonyl (C=O) groups excluding carboxylic acids is 3. The minimum Gasteiger partial charge on any atom is -0.477 e. The summed E-state index contributed by atoms with van der Waals surface area (Å²) in [6.07, 6.45) is -3.25. The maximum Gasteiger partial charge on any atom is 0.364 e. The van der Waals surface area contributed by atoms with Crippen molar-refractivity contribution in [2.45, 2.75) is 238 Å². The van der Waals surface area contributed by atoms with Crippen LogP contribution >= 0.6 is 0 Å². The summed E-state index contributed by atoms with van der Waals surface area (Å²) in [7, 11) is 0. The highest BCUT2D eigenvalue weighted by atomic mass is 16.7. The maximum atomic E-state index is 12.9. The third-order valence-electron chi connectivity index (χ3n) is 17.9. The molecule has 3 aliphatic rings. The lowest BCUT2D eigenvalue weighted by Gasteiger charge is -2.47. The second kappa shape index (κ2) is 34.4. The van der Waals surface area contributed by atoms with Crippen LogP contribution in [-0.2, 0) is 96.5 Å². The van der Waals surface area contributed by atoms with E-state index in [1.54, 1.807) is 25.5 Å². The lowest BCUT2D eigenvalue weighted by Crippen LogP contribution is -2.67. The van der Waals surface area contributed by atoms with E-state index in [1.807, 2.05) is 39.5 Å². The Bertz CT molecular complexity index is 2780. The van der Waals surface area contributed by atoms with Gasteiger partial charge in [-0.3, -0.25) is 33.3 Å². The monoisotopic (exact) mass is 1320 g/mol. The molecule has 0 aromatic carbocycles. The molecule has 3 amide bonds. The lowest BCUT2D eigenvalue weighted by molar-refractivity contribution is -0.309. The molecule has 6 heterocycles. The van der Waals surface area contributed by atoms with Crippen molar-refractivity contribution in [3.05, 3.63) is 35.7 Å². The number of aliphatic carboxylic acids is 3. The van der Waals surface area contributed by atoms with E-state index in [0.717, 1.165) is 0 Å². The van der Waals surface area contributed by atoms with Gasteiger partial charge in [0.05, 0.1) is 91.7 Å². The smallest absolute Gasteiger partial charge is 0.364 e. The molecule has 34 heteroatoms. The summed E-state index contributed by atoms with van der Waals surface area (Å²) in [6.45, 7) is 14.5. The number of carbonyl (C=O) groups is 6. The molecule has 18 atom stereocenters. The summed E-state index contributed by atoms with van der Waals surface area (Å²) in [5, 5.41) is 131. The Morgan fingerprint density at radius 1 is 0.538 bits per heavy atom. The normalized spacial score (nSPS) is 28.6. The van der Waals surface area contributed by atoms with Crippen molar-refractivity contribution in [3.8, 4) is 0 Å². The number of hydrogen-bond donors (Lipinski definition) is 12. The number of rotatable bonds is 38. The molecule has 0 bridgehead atoms. The predicted molar refractivity (Wildman–Crippen MR) is 321 cm³/mol. The fraction of sp³-hybridized carbons (Fsp3) is 0.797. The van der Waals surface area contributed by atoms with Crippen LogP contribution in [0.4, 0.5) is 0 Å². The van der Waals surface area contributed by atoms with Crippen LogP contribution < -0.4 is 16.0 Å². The molecule has 12 N–H and O–H groups in total. The number of nitrogens with zero attached hydrogens (tertiary/aromatic N) is 10. The van der Waals surface area contributed by atoms with E-state index in [1.165, 1.54) is 34.8 Å². The molecule has 3 aromatic rings. The minimum absolute atomic E-state index is 0.156. The SMILES string of the molecule is CCC(C)C(O)C1OC(OCCCn2cc(CN(Cc3cn(CCCOC4(C(=O)O)CC(O)C(NC(C)=O)C(C(CO)C(C)CC)O4)nn3)Cc3cn(CCCOC4(C(=O)O)CC(O)C(NC(C)=O)C(C(CO)C(C)CC)O4)nn3)nn2)(C(=O)O)CC(O)C1NC(C)=O. The maximum absolute atomic E-state index is 12.9. The number of ether oxygens (including phenoxy) is 6. The number of nitrogens with one attached hydrogen (secondary N) is 3. The molecule has 93 heavy (non-hydrogen) atoms. The third-order valence-corrected chi connectivity index (χ3v) is 17.9. The van der Waals surface area contributed by atoms with Crippen molar-refractivity contribution in [1.29, 1.82) is 0 Å². The number of aryl methyl sites for hydroxylation is 3. The van der Waals surface area contributed by atoms with E-state index >= 15 is 0 Å². The molecule has 18 unspecified atom stereocenters. The summed E-state index contributed by atoms with van der Waals surface area (Å²) < 4.78 is 40.7. The van der Waals surface area contributed by atoms with Crippen molar-refractivity contribution < 1.29 is 103 Å². The van der Waals surface area contributed by atoms with E-state index in [9.17, 15) is 74.7 Å². The predicted octanol–water partition coefficient (Wildman–Crippen LogP) is -1.09. The number of aliphatic hydroxyl groups is 6. The number of carboxylic acid groups (broad SMARTS) is 3. The van der Waals surface area contributed by atoms with Gasteiger partial charge in [0.1, 0.15) is 6.10 Å². The van der Waals surface area contributed by atoms with Crippen LogP contribution in [0.25, 0.3) is 0 Å². The Kier molecular flexibility index (Phi) is 28.0. The molecule has 0 radical (unpaired) electrons. The van der Waals surface area contributed by atoms with E-state index in [2.05, 4.69) is 46.9 Å². The summed E-state index contributed by atoms with van der Waals surface area (Å²) in [5.41, 5.74) is 1.47. The van der Waals surface area contributed by atoms with Crippen molar-refractivity contribution in [2.75, 3.05) is 33.0 Å². The van der Waals surface area contributed by atoms with Crippen LogP contribution in [0.1, 0.15) is 137 Å². The van der Waals surface area contributed by atoms with E-state index in [-0.39, 0.29) is 96.1 Å². The Labute approximate surface area is 538 Å². The number of aliphatic hydroxyl groups excluding tert-OH is 6. The standard InChI is InChI=1S/C59H97N13O21/c1-10-33(4)42(31-73)51-47(60-36(7)75)44(78)22-57(91-51,54(82)83)88-19-13-16-70-28-39(63-66-70)25-69(27-41-30-72(68-65-41)18-15-21-90-59(56(86)87)24-46(80)49(62-38(9)77)53(93-59)50(81)35(6)12-3)26-40-29-71(67-64-40)17-14-20-89-58(55(84)85)23-45(79)48(61-37(8)76)52(92-58)43(32-74)34(5)11-2/h28-30,33-35,42-53,73-74,78-81H,10-27,31-32H2,1-9H3,(H,60,75)(H,61,76)(H,62,77)(H,82,83)(H,84,85)(H,86,87). The van der Waals surface area contributed by atoms with Crippen LogP contribution in [0, 0.1) is 29.6 Å². The van der Waals surface area contributed by atoms with Crippen LogP contribution in [-0.4, -0.2) is 243 Å². The number of hydrogen-bond acceptors (Lipinski definition) is 25. The van der Waals surface area contributed by atoms with Gasteiger partial charge in [-0.1, -0.05) is 76.4 Å². The highest BCUT2D eigenvalue weighted by Crippen LogP contribution is 2.40. The second-order valence-corrected chi connectivity index (χ2v) is 24.9. The molecule has 0 spiro atoms. The second-order valence-electron chi connectivity index (χ2n) is 24.9. The van der Waals surface area contributed by atoms with Gasteiger partial charge in [0.25, 0.3) is 17.4 Å². The first-order chi connectivity index (χ1) is 44.1. The number of amides is 3. The molecule has 0 saturated carbocycles. The van der Waals surface area contributed by atoms with Crippen molar-refractivity contribution in [2.24, 2.45) is 29.6 Å². The zero-order valence-corrected chi connectivity index (χ0v) is 54.4. The number of carboxylic acids is 3. The van der Waals surface area contributed by atoms with E-state index < -0.39 is 158 Å². The van der Waals surface area contributed by atoms with Gasteiger partial charge in [0.2, 0.25) is 17.7 Å². The zero-order valence-electron chi connectivity index (χ0n) is 54.4. The molecule has 3 saturated heterocycles. The average Bonchev–Trinajstić information content (AvgIpc) is 1.86. The first-order valence-corrected chi connectivity index (χ1v) is 31.9. The molecular weight excluding hydrogens is 1230 g/mol. The van der Waals surface area contributed by atoms with Crippen molar-refractivity contribution >= 4 is 35.6 Å². The van der Waals surface area contributed by atoms with Gasteiger partial charge in [-0.25, -0.2) is 14.4 Å². The Morgan fingerprint density at radius 3 is 1.10 bits per heavy atom. The quantitative estimate of drug-likeness (QED) is 0.0303. The summed E-state index contributed by atoms with van der Waals surface area (Å²) in [4.78, 5) is 76.9. The number of aromatic nitrogens is 9. The van der Waals surface area contributed by atoms with Gasteiger partial charge < -0.3 is 90.3 Å². The topological polar surface area (TPSA) is 471 Å². The molecule has 3 aliphatic heterocycles. The zero-order chi connectivity index (χ0) is 68.5. The van der Waals surface area contributed by atoms with Gasteiger partial charge in [0.15, 0.2) is 0 Å². The average molecular weight is 1320 g/mol. The molecule has 6 rings (SSSR count). The highest BCUT2D eigenvalue weighted by molar-refractivity contribution is 5.78. The van der Waals surface area contributed by atoms with Crippen LogP contribution in [0.5, 0.6) is 0 Å². The fourth-order valence-corrected chi connectivity index (χ4v) is 12.2. The molecule has 3 aromatic heterocycles. The summed E-state index contributed by atoms with van der Waals surface area (Å²) >= 11 is 0. The molecule has 3 fully saturated rings. The van der Waals surface area contributed by atoms with Crippen molar-refractivity contribution in [3.63, 3.8) is 0 Å². The van der Waals surface area contributed by atoms with Gasteiger partial charge in [-0.15, -0.1) is 15.3 Å². The third kappa shape index (κ3) is 19.7. The Hall–Kier alpha value is -6.28. The minimum atomic E-state index is -2.35. The Morgan fingerprint density at radius 2 is 0.828 bits per heavy atom. The molecule has 524 valence electrons. The van der Waals surface area contributed by atoms with Crippen LogP contribution in [0.15, 0.2) is 18.6 Å². The van der Waals surface area contributed by atoms with Crippen LogP contribution in [0.3, 0.4) is 0 Å². The lowest BCUT2D eigenvalue weighted by atomic mass is 9.79. The molecule has 0 aliphatic carbocycles. The molecule has 34 nitrogen and oxygen atoms in total. The van der Waals surface area contributed by atoms with Gasteiger partial charge in [0, 0.05) is 123 Å². The van der Waals surface area contributed by atoms with Crippen molar-refractivity contribution in [1.82, 2.24) is 65.8 Å². The summed E-state index contributed by atoms with van der Waals surface area (Å²) in [6, 6.07) is -3.14. The first kappa shape index (κ1) is 75.7. The largest absolute Gasteiger partial charge is 0.477 e. The van der Waals surface area contributed by atoms with Gasteiger partial charge in [-0.2, -0.15) is 0 Å². The fourth-order valence-electron chi connectivity index (χ4n) is 12.2. The van der Waals surface area contributed by atoms with Gasteiger partial charge in [-0.05, 0) is 37.0 Å². The van der Waals surface area contributed by atoms with E-state index in [0.29, 0.717) is 36.3 Å². The Balaban J connectivity index is 1.14. The van der Waals surface area contributed by atoms with Crippen LogP contribution in [0.2, 0.25) is 0 Å². The highest BCUT2D eigenvalue weighted by Gasteiger charge is 2.58. The van der Waals surface area contributed by atoms with Gasteiger partial charge >= 0.3 is 17.9 Å². The van der Waals surface area contributed by atoms with E-state index in [4.69, 9.17) is 28.4 Å².